The summed E-state index contributed by atoms with van der Waals surface area (Å²) in [7, 11) is 0. The molecule has 1 atom stereocenters. The quantitative estimate of drug-likeness (QED) is 0.0343. The second-order valence-corrected chi connectivity index (χ2v) is 22.2. The van der Waals surface area contributed by atoms with Crippen LogP contribution in [0.2, 0.25) is 0 Å². The van der Waals surface area contributed by atoms with E-state index >= 15 is 0 Å². The van der Waals surface area contributed by atoms with Crippen molar-refractivity contribution in [1.82, 2.24) is 0 Å². The maximum absolute atomic E-state index is 12.9. The molecule has 0 heterocycles. The van der Waals surface area contributed by atoms with Crippen molar-refractivity contribution < 1.29 is 28.6 Å². The van der Waals surface area contributed by atoms with Gasteiger partial charge < -0.3 is 14.2 Å². The zero-order valence-corrected chi connectivity index (χ0v) is 47.3. The molecule has 410 valence electrons. The summed E-state index contributed by atoms with van der Waals surface area (Å²) in [6, 6.07) is 0. The summed E-state index contributed by atoms with van der Waals surface area (Å²) < 4.78 is 17.0. The first-order chi connectivity index (χ1) is 33.9. The number of unbranched alkanes of at least 4 members (excludes halogenated alkanes) is 45. The largest absolute Gasteiger partial charge is 0.462 e. The van der Waals surface area contributed by atoms with E-state index in [1.165, 1.54) is 257 Å². The minimum Gasteiger partial charge on any atom is -0.462 e. The van der Waals surface area contributed by atoms with Crippen molar-refractivity contribution in [2.45, 2.75) is 368 Å². The van der Waals surface area contributed by atoms with Crippen molar-refractivity contribution in [1.29, 1.82) is 0 Å². The van der Waals surface area contributed by atoms with Gasteiger partial charge in [0, 0.05) is 19.3 Å². The molecule has 0 unspecified atom stereocenters. The molecule has 69 heavy (non-hydrogen) atoms. The number of carbonyl (C=O) groups excluding carboxylic acids is 3. The van der Waals surface area contributed by atoms with Crippen LogP contribution in [0, 0.1) is 5.92 Å². The summed E-state index contributed by atoms with van der Waals surface area (Å²) in [5.74, 6) is 0.0148. The van der Waals surface area contributed by atoms with Crippen LogP contribution in [0.4, 0.5) is 0 Å². The van der Waals surface area contributed by atoms with Crippen LogP contribution >= 0.6 is 0 Å². The minimum atomic E-state index is -0.763. The SMILES string of the molecule is CCCCCCCCCCCCCCCCCCCCC(=O)OC[C@H](COC(=O)CCCCCCCCCCCCCCCCCC)OC(=O)CCCCCCCCCCCCCCCCC(C)C. The molecular weight excluding hydrogens is 853 g/mol. The molecule has 0 fully saturated rings. The van der Waals surface area contributed by atoms with E-state index in [0.717, 1.165) is 63.7 Å². The third-order valence-corrected chi connectivity index (χ3v) is 14.5. The smallest absolute Gasteiger partial charge is 0.306 e. The van der Waals surface area contributed by atoms with Gasteiger partial charge in [0.15, 0.2) is 6.10 Å². The molecule has 6 nitrogen and oxygen atoms in total. The Morgan fingerprint density at radius 3 is 0.710 bits per heavy atom. The Bertz CT molecular complexity index is 1040. The lowest BCUT2D eigenvalue weighted by molar-refractivity contribution is -0.167. The van der Waals surface area contributed by atoms with Crippen molar-refractivity contribution in [3.63, 3.8) is 0 Å². The van der Waals surface area contributed by atoms with Gasteiger partial charge in [0.2, 0.25) is 0 Å². The highest BCUT2D eigenvalue weighted by Gasteiger charge is 2.19. The summed E-state index contributed by atoms with van der Waals surface area (Å²) >= 11 is 0. The zero-order chi connectivity index (χ0) is 50.2. The predicted octanol–water partition coefficient (Wildman–Crippen LogP) is 21.0. The highest BCUT2D eigenvalue weighted by molar-refractivity contribution is 5.71. The van der Waals surface area contributed by atoms with E-state index in [1.807, 2.05) is 0 Å². The average Bonchev–Trinajstić information content (AvgIpc) is 3.34. The lowest BCUT2D eigenvalue weighted by Gasteiger charge is -2.18. The van der Waals surface area contributed by atoms with Crippen LogP contribution in [-0.2, 0) is 28.6 Å². The van der Waals surface area contributed by atoms with Gasteiger partial charge in [-0.1, -0.05) is 323 Å². The number of carbonyl (C=O) groups is 3. The van der Waals surface area contributed by atoms with Crippen molar-refractivity contribution in [2.75, 3.05) is 13.2 Å². The van der Waals surface area contributed by atoms with Crippen LogP contribution in [0.3, 0.4) is 0 Å². The van der Waals surface area contributed by atoms with Gasteiger partial charge in [0.1, 0.15) is 13.2 Å². The Hall–Kier alpha value is -1.59. The predicted molar refractivity (Wildman–Crippen MR) is 298 cm³/mol. The first kappa shape index (κ1) is 67.4. The van der Waals surface area contributed by atoms with Crippen LogP contribution in [0.5, 0.6) is 0 Å². The van der Waals surface area contributed by atoms with E-state index in [1.54, 1.807) is 0 Å². The molecule has 0 aliphatic heterocycles. The van der Waals surface area contributed by atoms with Crippen molar-refractivity contribution in [3.05, 3.63) is 0 Å². The van der Waals surface area contributed by atoms with Gasteiger partial charge in [-0.3, -0.25) is 14.4 Å². The minimum absolute atomic E-state index is 0.0613. The maximum atomic E-state index is 12.9. The van der Waals surface area contributed by atoms with E-state index in [9.17, 15) is 14.4 Å². The second-order valence-electron chi connectivity index (χ2n) is 22.2. The van der Waals surface area contributed by atoms with Crippen molar-refractivity contribution in [2.24, 2.45) is 5.92 Å². The highest BCUT2D eigenvalue weighted by Crippen LogP contribution is 2.19. The zero-order valence-electron chi connectivity index (χ0n) is 47.3. The van der Waals surface area contributed by atoms with Gasteiger partial charge in [-0.05, 0) is 25.2 Å². The molecule has 0 amide bonds. The van der Waals surface area contributed by atoms with Gasteiger partial charge in [0.05, 0.1) is 0 Å². The Kier molecular flexibility index (Phi) is 56.0. The molecule has 0 aromatic rings. The van der Waals surface area contributed by atoms with Crippen molar-refractivity contribution in [3.8, 4) is 0 Å². The molecule has 0 rings (SSSR count). The number of rotatable bonds is 58. The molecule has 0 spiro atoms. The molecular formula is C63H122O6. The molecule has 0 aromatic heterocycles. The number of hydrogen-bond donors (Lipinski definition) is 0. The van der Waals surface area contributed by atoms with Crippen molar-refractivity contribution >= 4 is 17.9 Å². The summed E-state index contributed by atoms with van der Waals surface area (Å²) in [6.07, 6.45) is 63.8. The average molecular weight is 976 g/mol. The Balaban J connectivity index is 4.29. The third kappa shape index (κ3) is 57.2. The van der Waals surface area contributed by atoms with Gasteiger partial charge in [0.25, 0.3) is 0 Å². The molecule has 6 heteroatoms. The maximum Gasteiger partial charge on any atom is 0.306 e. The normalized spacial score (nSPS) is 12.0. The molecule has 0 aliphatic carbocycles. The standard InChI is InChI=1S/C63H122O6/c1-5-7-9-11-13-15-17-19-21-23-24-26-31-35-39-43-47-51-55-62(65)68-58-60(57-67-61(64)54-50-46-42-38-34-30-25-22-20-18-16-14-12-10-8-6-2)69-63(66)56-52-48-44-40-36-32-28-27-29-33-37-41-45-49-53-59(3)4/h59-60H,5-58H2,1-4H3/t60-/m0/s1. The fourth-order valence-corrected chi connectivity index (χ4v) is 9.81. The van der Waals surface area contributed by atoms with Crippen LogP contribution in [0.25, 0.3) is 0 Å². The topological polar surface area (TPSA) is 78.9 Å². The van der Waals surface area contributed by atoms with Gasteiger partial charge >= 0.3 is 17.9 Å². The molecule has 0 N–H and O–H groups in total. The lowest BCUT2D eigenvalue weighted by atomic mass is 10.0. The number of ether oxygens (including phenoxy) is 3. The lowest BCUT2D eigenvalue weighted by Crippen LogP contribution is -2.30. The van der Waals surface area contributed by atoms with E-state index in [2.05, 4.69) is 27.7 Å². The van der Waals surface area contributed by atoms with Gasteiger partial charge in [-0.15, -0.1) is 0 Å². The second kappa shape index (κ2) is 57.3. The van der Waals surface area contributed by atoms with E-state index in [4.69, 9.17) is 14.2 Å². The van der Waals surface area contributed by atoms with Crippen LogP contribution in [0.1, 0.15) is 362 Å². The summed E-state index contributed by atoms with van der Waals surface area (Å²) in [5, 5.41) is 0. The molecule has 0 bridgehead atoms. The van der Waals surface area contributed by atoms with E-state index < -0.39 is 6.10 Å². The first-order valence-corrected chi connectivity index (χ1v) is 31.4. The van der Waals surface area contributed by atoms with E-state index in [-0.39, 0.29) is 31.1 Å². The Labute approximate surface area is 431 Å². The third-order valence-electron chi connectivity index (χ3n) is 14.5. The van der Waals surface area contributed by atoms with Gasteiger partial charge in [-0.2, -0.15) is 0 Å². The fraction of sp³-hybridized carbons (Fsp3) is 0.952. The van der Waals surface area contributed by atoms with Crippen LogP contribution in [-0.4, -0.2) is 37.2 Å². The molecule has 0 saturated heterocycles. The Morgan fingerprint density at radius 2 is 0.478 bits per heavy atom. The van der Waals surface area contributed by atoms with Crippen LogP contribution < -0.4 is 0 Å². The molecule has 0 aromatic carbocycles. The number of hydrogen-bond acceptors (Lipinski definition) is 6. The monoisotopic (exact) mass is 975 g/mol. The van der Waals surface area contributed by atoms with E-state index in [0.29, 0.717) is 19.3 Å². The molecule has 0 saturated carbocycles. The molecule has 0 radical (unpaired) electrons. The highest BCUT2D eigenvalue weighted by atomic mass is 16.6. The van der Waals surface area contributed by atoms with Gasteiger partial charge in [-0.25, -0.2) is 0 Å². The fourth-order valence-electron chi connectivity index (χ4n) is 9.81. The van der Waals surface area contributed by atoms with Crippen LogP contribution in [0.15, 0.2) is 0 Å². The Morgan fingerprint density at radius 1 is 0.275 bits per heavy atom. The number of esters is 3. The summed E-state index contributed by atoms with van der Waals surface area (Å²) in [5.41, 5.74) is 0. The molecule has 0 aliphatic rings. The first-order valence-electron chi connectivity index (χ1n) is 31.4. The summed E-state index contributed by atoms with van der Waals surface area (Å²) in [6.45, 7) is 9.09. The summed E-state index contributed by atoms with van der Waals surface area (Å²) in [4.78, 5) is 38.3.